The minimum atomic E-state index is -3.47. The molecule has 1 saturated carbocycles. The molecule has 0 saturated heterocycles. The molecule has 1 heterocycles. The predicted octanol–water partition coefficient (Wildman–Crippen LogP) is 2.71. The first-order valence-corrected chi connectivity index (χ1v) is 9.17. The number of halogens is 1. The van der Waals surface area contributed by atoms with Gasteiger partial charge in [0.2, 0.25) is 10.0 Å². The van der Waals surface area contributed by atoms with Gasteiger partial charge in [0.25, 0.3) is 0 Å². The highest BCUT2D eigenvalue weighted by molar-refractivity contribution is 9.10. The zero-order valence-electron chi connectivity index (χ0n) is 11.9. The highest BCUT2D eigenvalue weighted by Crippen LogP contribution is 2.33. The van der Waals surface area contributed by atoms with Gasteiger partial charge in [-0.3, -0.25) is 0 Å². The van der Waals surface area contributed by atoms with E-state index in [1.54, 1.807) is 13.1 Å². The van der Waals surface area contributed by atoms with E-state index in [4.69, 9.17) is 4.42 Å². The standard InChI is InChI=1S/C13H21BrN2O3S/c1-3-7-15-9-11-8-12(13(14)19-11)20(17,18)16(2)10-5-4-6-10/h8,10,15H,3-7,9H2,1-2H3. The number of furan rings is 1. The molecular formula is C13H21BrN2O3S. The number of nitrogens with one attached hydrogen (secondary N) is 1. The van der Waals surface area contributed by atoms with Crippen molar-refractivity contribution in [2.24, 2.45) is 0 Å². The van der Waals surface area contributed by atoms with Crippen molar-refractivity contribution in [3.8, 4) is 0 Å². The summed E-state index contributed by atoms with van der Waals surface area (Å²) in [5.74, 6) is 0.630. The van der Waals surface area contributed by atoms with Crippen LogP contribution in [0, 0.1) is 0 Å². The van der Waals surface area contributed by atoms with Gasteiger partial charge in [-0.2, -0.15) is 4.31 Å². The lowest BCUT2D eigenvalue weighted by atomic mass is 9.94. The fourth-order valence-corrected chi connectivity index (χ4v) is 4.53. The highest BCUT2D eigenvalue weighted by Gasteiger charge is 2.34. The van der Waals surface area contributed by atoms with Crippen LogP contribution in [0.5, 0.6) is 0 Å². The van der Waals surface area contributed by atoms with Crippen molar-refractivity contribution >= 4 is 26.0 Å². The van der Waals surface area contributed by atoms with Crippen LogP contribution in [0.15, 0.2) is 20.0 Å². The van der Waals surface area contributed by atoms with Crippen LogP contribution in [0.2, 0.25) is 0 Å². The van der Waals surface area contributed by atoms with Crippen LogP contribution in [-0.2, 0) is 16.6 Å². The van der Waals surface area contributed by atoms with Crippen LogP contribution in [0.3, 0.4) is 0 Å². The van der Waals surface area contributed by atoms with E-state index in [9.17, 15) is 8.42 Å². The monoisotopic (exact) mass is 364 g/mol. The van der Waals surface area contributed by atoms with E-state index in [0.717, 1.165) is 32.2 Å². The summed E-state index contributed by atoms with van der Waals surface area (Å²) in [5, 5.41) is 3.19. The molecule has 1 aliphatic rings. The van der Waals surface area contributed by atoms with E-state index in [0.29, 0.717) is 12.3 Å². The van der Waals surface area contributed by atoms with Crippen molar-refractivity contribution < 1.29 is 12.8 Å². The average Bonchev–Trinajstić information content (AvgIpc) is 2.69. The van der Waals surface area contributed by atoms with Crippen LogP contribution in [0.4, 0.5) is 0 Å². The molecule has 114 valence electrons. The van der Waals surface area contributed by atoms with Gasteiger partial charge in [0, 0.05) is 19.2 Å². The molecule has 0 aromatic carbocycles. The Morgan fingerprint density at radius 1 is 1.50 bits per heavy atom. The summed E-state index contributed by atoms with van der Waals surface area (Å²) in [4.78, 5) is 0.222. The molecule has 20 heavy (non-hydrogen) atoms. The molecule has 5 nitrogen and oxygen atoms in total. The first-order valence-electron chi connectivity index (χ1n) is 6.93. The summed E-state index contributed by atoms with van der Waals surface area (Å²) in [5.41, 5.74) is 0. The van der Waals surface area contributed by atoms with Gasteiger partial charge >= 0.3 is 0 Å². The highest BCUT2D eigenvalue weighted by atomic mass is 79.9. The predicted molar refractivity (Wildman–Crippen MR) is 81.0 cm³/mol. The van der Waals surface area contributed by atoms with Gasteiger partial charge in [0.05, 0.1) is 6.54 Å². The van der Waals surface area contributed by atoms with Crippen molar-refractivity contribution in [3.63, 3.8) is 0 Å². The largest absolute Gasteiger partial charge is 0.452 e. The summed E-state index contributed by atoms with van der Waals surface area (Å²) >= 11 is 3.22. The van der Waals surface area contributed by atoms with E-state index >= 15 is 0 Å². The van der Waals surface area contributed by atoms with Crippen LogP contribution in [0.25, 0.3) is 0 Å². The SMILES string of the molecule is CCCNCc1cc(S(=O)(=O)N(C)C2CCC2)c(Br)o1. The van der Waals surface area contributed by atoms with E-state index < -0.39 is 10.0 Å². The lowest BCUT2D eigenvalue weighted by molar-refractivity contribution is 0.249. The fraction of sp³-hybridized carbons (Fsp3) is 0.692. The zero-order valence-corrected chi connectivity index (χ0v) is 14.3. The van der Waals surface area contributed by atoms with Crippen LogP contribution < -0.4 is 5.32 Å². The van der Waals surface area contributed by atoms with Crippen LogP contribution in [0.1, 0.15) is 38.4 Å². The Morgan fingerprint density at radius 3 is 2.75 bits per heavy atom. The van der Waals surface area contributed by atoms with Crippen molar-refractivity contribution in [3.05, 3.63) is 16.5 Å². The second-order valence-electron chi connectivity index (χ2n) is 5.13. The normalized spacial score (nSPS) is 16.6. The van der Waals surface area contributed by atoms with Gasteiger partial charge in [0.15, 0.2) is 4.67 Å². The minimum absolute atomic E-state index is 0.128. The molecule has 0 spiro atoms. The lowest BCUT2D eigenvalue weighted by Crippen LogP contribution is -2.41. The van der Waals surface area contributed by atoms with Gasteiger partial charge in [0.1, 0.15) is 10.7 Å². The molecule has 0 bridgehead atoms. The molecule has 0 radical (unpaired) electrons. The van der Waals surface area contributed by atoms with E-state index in [1.165, 1.54) is 4.31 Å². The molecule has 1 N–H and O–H groups in total. The van der Waals surface area contributed by atoms with Gasteiger partial charge in [-0.15, -0.1) is 0 Å². The molecule has 1 aliphatic carbocycles. The quantitative estimate of drug-likeness (QED) is 0.755. The number of hydrogen-bond donors (Lipinski definition) is 1. The van der Waals surface area contributed by atoms with Gasteiger partial charge in [-0.25, -0.2) is 8.42 Å². The summed E-state index contributed by atoms with van der Waals surface area (Å²) in [6, 6.07) is 1.74. The Morgan fingerprint density at radius 2 is 2.20 bits per heavy atom. The molecular weight excluding hydrogens is 344 g/mol. The number of sulfonamides is 1. The molecule has 0 unspecified atom stereocenters. The maximum Gasteiger partial charge on any atom is 0.247 e. The second kappa shape index (κ2) is 6.60. The number of hydrogen-bond acceptors (Lipinski definition) is 4. The topological polar surface area (TPSA) is 62.6 Å². The third-order valence-electron chi connectivity index (χ3n) is 3.68. The van der Waals surface area contributed by atoms with Gasteiger partial charge < -0.3 is 9.73 Å². The first-order chi connectivity index (χ1) is 9.46. The Bertz CT molecular complexity index is 552. The lowest BCUT2D eigenvalue weighted by Gasteiger charge is -2.33. The third kappa shape index (κ3) is 3.27. The zero-order chi connectivity index (χ0) is 14.8. The molecule has 1 aromatic heterocycles. The Hall–Kier alpha value is -0.370. The minimum Gasteiger partial charge on any atom is -0.452 e. The van der Waals surface area contributed by atoms with E-state index in [-0.39, 0.29) is 15.6 Å². The Balaban J connectivity index is 2.14. The van der Waals surface area contributed by atoms with Crippen molar-refractivity contribution in [1.29, 1.82) is 0 Å². The maximum atomic E-state index is 12.5. The first kappa shape index (κ1) is 16.0. The Labute approximate surface area is 128 Å². The smallest absolute Gasteiger partial charge is 0.247 e. The summed E-state index contributed by atoms with van der Waals surface area (Å²) in [7, 11) is -1.83. The average molecular weight is 365 g/mol. The molecule has 0 aliphatic heterocycles. The maximum absolute atomic E-state index is 12.5. The van der Waals surface area contributed by atoms with Crippen LogP contribution >= 0.6 is 15.9 Å². The summed E-state index contributed by atoms with van der Waals surface area (Å²) < 4.78 is 32.3. The number of rotatable bonds is 7. The molecule has 0 atom stereocenters. The van der Waals surface area contributed by atoms with Gasteiger partial charge in [-0.05, 0) is 41.7 Å². The van der Waals surface area contributed by atoms with E-state index in [1.807, 2.05) is 0 Å². The van der Waals surface area contributed by atoms with E-state index in [2.05, 4.69) is 28.2 Å². The third-order valence-corrected chi connectivity index (χ3v) is 6.45. The molecule has 1 aromatic rings. The molecule has 1 fully saturated rings. The van der Waals surface area contributed by atoms with Gasteiger partial charge in [-0.1, -0.05) is 13.3 Å². The molecule has 2 rings (SSSR count). The second-order valence-corrected chi connectivity index (χ2v) is 7.82. The van der Waals surface area contributed by atoms with Crippen molar-refractivity contribution in [2.75, 3.05) is 13.6 Å². The van der Waals surface area contributed by atoms with Crippen molar-refractivity contribution in [2.45, 2.75) is 50.1 Å². The van der Waals surface area contributed by atoms with Crippen molar-refractivity contribution in [1.82, 2.24) is 9.62 Å². The summed E-state index contributed by atoms with van der Waals surface area (Å²) in [6.07, 6.45) is 4.01. The molecule has 0 amide bonds. The van der Waals surface area contributed by atoms with Crippen LogP contribution in [-0.4, -0.2) is 32.4 Å². The number of nitrogens with zero attached hydrogens (tertiary/aromatic N) is 1. The fourth-order valence-electron chi connectivity index (χ4n) is 2.15. The Kier molecular flexibility index (Phi) is 5.28. The molecule has 7 heteroatoms. The summed E-state index contributed by atoms with van der Waals surface area (Å²) in [6.45, 7) is 3.49.